The first kappa shape index (κ1) is 19.0. The average Bonchev–Trinajstić information content (AvgIpc) is 3.32. The molecule has 8 heteroatoms. The molecule has 4 rings (SSSR count). The molecule has 0 aromatic rings. The molecule has 152 valence electrons. The van der Waals surface area contributed by atoms with E-state index in [0.29, 0.717) is 6.61 Å². The van der Waals surface area contributed by atoms with Crippen molar-refractivity contribution in [1.82, 2.24) is 14.7 Å². The lowest BCUT2D eigenvalue weighted by Crippen LogP contribution is -2.67. The third-order valence-corrected chi connectivity index (χ3v) is 7.20. The van der Waals surface area contributed by atoms with E-state index >= 15 is 0 Å². The minimum absolute atomic E-state index is 0.00890. The van der Waals surface area contributed by atoms with Gasteiger partial charge in [-0.1, -0.05) is 0 Å². The first-order valence-corrected chi connectivity index (χ1v) is 10.1. The number of hydrogen-bond donors (Lipinski definition) is 2. The predicted molar refractivity (Wildman–Crippen MR) is 97.1 cm³/mol. The second kappa shape index (κ2) is 6.60. The van der Waals surface area contributed by atoms with Crippen molar-refractivity contribution in [1.29, 1.82) is 0 Å². The van der Waals surface area contributed by atoms with E-state index in [1.54, 1.807) is 11.8 Å². The Morgan fingerprint density at radius 3 is 2.70 bits per heavy atom. The zero-order valence-corrected chi connectivity index (χ0v) is 16.3. The summed E-state index contributed by atoms with van der Waals surface area (Å²) in [5.74, 6) is -0.169. The number of likely N-dealkylation sites (tertiary alicyclic amines) is 1. The maximum Gasteiger partial charge on any atom is 0.408 e. The van der Waals surface area contributed by atoms with E-state index in [1.807, 2.05) is 6.92 Å². The fourth-order valence-corrected chi connectivity index (χ4v) is 5.15. The van der Waals surface area contributed by atoms with Crippen molar-refractivity contribution in [2.45, 2.75) is 69.9 Å². The van der Waals surface area contributed by atoms with E-state index in [1.165, 1.54) is 17.7 Å². The van der Waals surface area contributed by atoms with Crippen molar-refractivity contribution >= 4 is 12.0 Å². The highest BCUT2D eigenvalue weighted by Gasteiger charge is 2.55. The normalized spacial score (nSPS) is 38.3. The summed E-state index contributed by atoms with van der Waals surface area (Å²) in [6, 6.07) is -0.683. The van der Waals surface area contributed by atoms with E-state index in [9.17, 15) is 19.8 Å². The van der Waals surface area contributed by atoms with E-state index in [2.05, 4.69) is 4.90 Å². The van der Waals surface area contributed by atoms with Gasteiger partial charge in [-0.15, -0.1) is 0 Å². The quantitative estimate of drug-likeness (QED) is 0.753. The number of aliphatic hydroxyl groups excluding tert-OH is 1. The van der Waals surface area contributed by atoms with E-state index in [0.717, 1.165) is 38.9 Å². The van der Waals surface area contributed by atoms with Gasteiger partial charge < -0.3 is 24.7 Å². The van der Waals surface area contributed by atoms with Crippen molar-refractivity contribution in [2.24, 2.45) is 5.41 Å². The van der Waals surface area contributed by atoms with Crippen molar-refractivity contribution < 1.29 is 24.5 Å². The molecule has 4 aliphatic rings. The highest BCUT2D eigenvalue weighted by atomic mass is 16.5. The number of carbonyl (C=O) groups is 2. The molecule has 1 unspecified atom stereocenters. The lowest BCUT2D eigenvalue weighted by Gasteiger charge is -2.47. The molecule has 1 spiro atoms. The third-order valence-electron chi connectivity index (χ3n) is 7.20. The Hall–Kier alpha value is -1.38. The SMILES string of the molecule is C[C@H]1C(=O)N2[C@@H](CCCN3CCC4(CC4)[C@H](O)C3)COC2(C)CN1C(=O)O. The van der Waals surface area contributed by atoms with Gasteiger partial charge in [-0.2, -0.15) is 0 Å². The molecule has 2 amide bonds. The minimum atomic E-state index is -1.08. The summed E-state index contributed by atoms with van der Waals surface area (Å²) in [5.41, 5.74) is -0.643. The topological polar surface area (TPSA) is 93.6 Å². The van der Waals surface area contributed by atoms with E-state index in [4.69, 9.17) is 4.74 Å². The van der Waals surface area contributed by atoms with Crippen LogP contribution in [-0.4, -0.2) is 93.6 Å². The molecule has 3 saturated heterocycles. The van der Waals surface area contributed by atoms with Crippen LogP contribution in [0.15, 0.2) is 0 Å². The summed E-state index contributed by atoms with van der Waals surface area (Å²) >= 11 is 0. The number of rotatable bonds is 4. The Labute approximate surface area is 160 Å². The Kier molecular flexibility index (Phi) is 4.63. The second-order valence-corrected chi connectivity index (χ2v) is 9.01. The van der Waals surface area contributed by atoms with Gasteiger partial charge >= 0.3 is 6.09 Å². The van der Waals surface area contributed by atoms with Gasteiger partial charge in [0, 0.05) is 6.54 Å². The predicted octanol–water partition coefficient (Wildman–Crippen LogP) is 0.939. The van der Waals surface area contributed by atoms with Crippen LogP contribution in [0.3, 0.4) is 0 Å². The first-order valence-electron chi connectivity index (χ1n) is 10.1. The minimum Gasteiger partial charge on any atom is -0.465 e. The maximum absolute atomic E-state index is 12.8. The first-order chi connectivity index (χ1) is 12.8. The van der Waals surface area contributed by atoms with Crippen LogP contribution in [0.2, 0.25) is 0 Å². The number of amides is 2. The number of carboxylic acid groups (broad SMARTS) is 1. The molecule has 1 aliphatic carbocycles. The molecule has 27 heavy (non-hydrogen) atoms. The summed E-state index contributed by atoms with van der Waals surface area (Å²) < 4.78 is 5.90. The summed E-state index contributed by atoms with van der Waals surface area (Å²) in [7, 11) is 0. The van der Waals surface area contributed by atoms with Crippen LogP contribution in [0.1, 0.15) is 46.0 Å². The summed E-state index contributed by atoms with van der Waals surface area (Å²) in [5, 5.41) is 19.7. The van der Waals surface area contributed by atoms with Gasteiger partial charge in [-0.25, -0.2) is 4.79 Å². The zero-order valence-electron chi connectivity index (χ0n) is 16.3. The van der Waals surface area contributed by atoms with Gasteiger partial charge in [0.25, 0.3) is 0 Å². The molecular formula is C19H31N3O5. The van der Waals surface area contributed by atoms with Crippen LogP contribution in [0.25, 0.3) is 0 Å². The fraction of sp³-hybridized carbons (Fsp3) is 0.895. The van der Waals surface area contributed by atoms with E-state index < -0.39 is 17.9 Å². The zero-order chi connectivity index (χ0) is 19.4. The highest BCUT2D eigenvalue weighted by Crippen LogP contribution is 2.53. The van der Waals surface area contributed by atoms with Gasteiger partial charge in [0.15, 0.2) is 5.72 Å². The van der Waals surface area contributed by atoms with Crippen LogP contribution in [0.4, 0.5) is 4.79 Å². The maximum atomic E-state index is 12.8. The Balaban J connectivity index is 1.31. The fourth-order valence-electron chi connectivity index (χ4n) is 5.15. The van der Waals surface area contributed by atoms with Crippen molar-refractivity contribution in [3.05, 3.63) is 0 Å². The average molecular weight is 381 g/mol. The Bertz CT molecular complexity index is 624. The van der Waals surface area contributed by atoms with E-state index in [-0.39, 0.29) is 30.0 Å². The largest absolute Gasteiger partial charge is 0.465 e. The number of aliphatic hydroxyl groups is 1. The van der Waals surface area contributed by atoms with Crippen molar-refractivity contribution in [2.75, 3.05) is 32.8 Å². The molecule has 4 atom stereocenters. The van der Waals surface area contributed by atoms with Crippen LogP contribution in [0, 0.1) is 5.41 Å². The van der Waals surface area contributed by atoms with Crippen LogP contribution in [0.5, 0.6) is 0 Å². The molecule has 0 aromatic carbocycles. The summed E-state index contributed by atoms with van der Waals surface area (Å²) in [6.45, 7) is 6.81. The number of ether oxygens (including phenoxy) is 1. The Morgan fingerprint density at radius 2 is 2.07 bits per heavy atom. The number of carbonyl (C=O) groups excluding carboxylic acids is 1. The van der Waals surface area contributed by atoms with Crippen LogP contribution >= 0.6 is 0 Å². The molecule has 0 aromatic heterocycles. The molecule has 3 aliphatic heterocycles. The molecule has 2 N–H and O–H groups in total. The Morgan fingerprint density at radius 1 is 1.33 bits per heavy atom. The van der Waals surface area contributed by atoms with Gasteiger partial charge in [0.05, 0.1) is 25.3 Å². The number of piperazine rings is 1. The third kappa shape index (κ3) is 3.21. The number of hydrogen-bond acceptors (Lipinski definition) is 5. The number of fused-ring (bicyclic) bond motifs is 1. The molecular weight excluding hydrogens is 350 g/mol. The monoisotopic (exact) mass is 381 g/mol. The van der Waals surface area contributed by atoms with Gasteiger partial charge in [-0.05, 0) is 64.5 Å². The molecule has 3 heterocycles. The second-order valence-electron chi connectivity index (χ2n) is 9.01. The lowest BCUT2D eigenvalue weighted by atomic mass is 9.90. The number of piperidine rings is 1. The standard InChI is InChI=1S/C19H31N3O5/c1-13-16(24)22-14(11-27-18(22,2)12-21(13)17(25)26)4-3-8-20-9-7-19(5-6-19)15(23)10-20/h13-15,23H,3-12H2,1-2H3,(H,25,26)/t13-,14-,15+,18?/m0/s1. The number of β-amino-alcohol motifs (C(OH)–C–C–N with tert-alkyl or cyclic N) is 1. The molecule has 8 nitrogen and oxygen atoms in total. The van der Waals surface area contributed by atoms with Crippen LogP contribution in [-0.2, 0) is 9.53 Å². The smallest absolute Gasteiger partial charge is 0.408 e. The molecule has 0 bridgehead atoms. The van der Waals surface area contributed by atoms with Crippen molar-refractivity contribution in [3.63, 3.8) is 0 Å². The summed E-state index contributed by atoms with van der Waals surface area (Å²) in [6.07, 6.45) is 3.91. The van der Waals surface area contributed by atoms with Gasteiger partial charge in [0.1, 0.15) is 6.04 Å². The number of nitrogens with zero attached hydrogens (tertiary/aromatic N) is 3. The molecule has 0 radical (unpaired) electrons. The lowest BCUT2D eigenvalue weighted by molar-refractivity contribution is -0.169. The van der Waals surface area contributed by atoms with Gasteiger partial charge in [-0.3, -0.25) is 9.69 Å². The van der Waals surface area contributed by atoms with Crippen molar-refractivity contribution in [3.8, 4) is 0 Å². The summed E-state index contributed by atoms with van der Waals surface area (Å²) in [4.78, 5) is 29.5. The molecule has 4 fully saturated rings. The van der Waals surface area contributed by atoms with Crippen LogP contribution < -0.4 is 0 Å². The molecule has 1 saturated carbocycles. The van der Waals surface area contributed by atoms with Gasteiger partial charge in [0.2, 0.25) is 5.91 Å². The highest BCUT2D eigenvalue weighted by molar-refractivity contribution is 5.87.